The van der Waals surface area contributed by atoms with E-state index in [9.17, 15) is 0 Å². The average molecular weight is 928 g/mol. The predicted molar refractivity (Wildman–Crippen MR) is 312 cm³/mol. The van der Waals surface area contributed by atoms with Crippen LogP contribution in [0.3, 0.4) is 0 Å². The van der Waals surface area contributed by atoms with Gasteiger partial charge in [0.2, 0.25) is 0 Å². The van der Waals surface area contributed by atoms with E-state index >= 15 is 0 Å². The van der Waals surface area contributed by atoms with E-state index in [1.165, 1.54) is 55.0 Å². The van der Waals surface area contributed by atoms with Crippen LogP contribution in [0.15, 0.2) is 237 Å². The third kappa shape index (κ3) is 13.0. The van der Waals surface area contributed by atoms with Crippen molar-refractivity contribution in [1.82, 2.24) is 0 Å². The van der Waals surface area contributed by atoms with Crippen molar-refractivity contribution in [2.75, 3.05) is 4.90 Å². The average Bonchev–Trinajstić information content (AvgIpc) is 3.76. The van der Waals surface area contributed by atoms with Gasteiger partial charge in [0.1, 0.15) is 0 Å². The molecule has 1 aromatic heterocycles. The lowest BCUT2D eigenvalue weighted by atomic mass is 9.87. The molecule has 0 saturated carbocycles. The first-order chi connectivity index (χ1) is 34.3. The first-order valence-corrected chi connectivity index (χ1v) is 25.2. The van der Waals surface area contributed by atoms with Gasteiger partial charge in [-0.3, -0.25) is 0 Å². The smallest absolute Gasteiger partial charge is 0.0455 e. The molecule has 7 aromatic rings. The van der Waals surface area contributed by atoms with E-state index in [0.29, 0.717) is 0 Å². The van der Waals surface area contributed by atoms with Crippen LogP contribution in [0, 0.1) is 6.92 Å². The molecule has 0 N–H and O–H groups in total. The molecule has 0 radical (unpaired) electrons. The number of aryl methyl sites for hydroxylation is 1. The van der Waals surface area contributed by atoms with E-state index in [2.05, 4.69) is 276 Å². The molecule has 7 rings (SSSR count). The summed E-state index contributed by atoms with van der Waals surface area (Å²) in [6.45, 7) is 21.3. The van der Waals surface area contributed by atoms with Gasteiger partial charge in [-0.1, -0.05) is 208 Å². The summed E-state index contributed by atoms with van der Waals surface area (Å²) in [5, 5.41) is 1.14. The molecule has 0 aliphatic carbocycles. The van der Waals surface area contributed by atoms with Gasteiger partial charge in [0, 0.05) is 27.0 Å². The normalized spacial score (nSPS) is 12.5. The first kappa shape index (κ1) is 50.1. The highest BCUT2D eigenvalue weighted by Crippen LogP contribution is 2.39. The van der Waals surface area contributed by atoms with Gasteiger partial charge in [0.15, 0.2) is 0 Å². The van der Waals surface area contributed by atoms with Crippen LogP contribution in [-0.2, 0) is 12.8 Å². The number of hydrogen-bond donors (Lipinski definition) is 0. The molecule has 1 heterocycles. The summed E-state index contributed by atoms with van der Waals surface area (Å²) in [7, 11) is 0. The van der Waals surface area contributed by atoms with Crippen molar-refractivity contribution in [2.45, 2.75) is 53.4 Å². The quantitative estimate of drug-likeness (QED) is 0.0544. The molecule has 1 nitrogen and oxygen atoms in total. The molecule has 348 valence electrons. The summed E-state index contributed by atoms with van der Waals surface area (Å²) >= 11 is 1.73. The highest BCUT2D eigenvalue weighted by molar-refractivity contribution is 7.11. The van der Waals surface area contributed by atoms with Gasteiger partial charge < -0.3 is 4.90 Å². The van der Waals surface area contributed by atoms with Crippen LogP contribution in [0.5, 0.6) is 0 Å². The third-order valence-corrected chi connectivity index (χ3v) is 13.5. The minimum absolute atomic E-state index is 0.819. The van der Waals surface area contributed by atoms with Crippen LogP contribution in [-0.4, -0.2) is 0 Å². The van der Waals surface area contributed by atoms with Crippen LogP contribution >= 0.6 is 11.3 Å². The maximum atomic E-state index is 4.43. The van der Waals surface area contributed by atoms with Crippen molar-refractivity contribution in [3.05, 3.63) is 280 Å². The number of nitrogens with zero attached hydrogens (tertiary/aromatic N) is 1. The maximum absolute atomic E-state index is 4.43. The Hall–Kier alpha value is -7.78. The van der Waals surface area contributed by atoms with Crippen molar-refractivity contribution in [1.29, 1.82) is 0 Å². The van der Waals surface area contributed by atoms with Crippen molar-refractivity contribution < 1.29 is 0 Å². The Morgan fingerprint density at radius 3 is 2.07 bits per heavy atom. The van der Waals surface area contributed by atoms with Gasteiger partial charge >= 0.3 is 0 Å². The maximum Gasteiger partial charge on any atom is 0.0455 e. The number of thiophene rings is 1. The van der Waals surface area contributed by atoms with E-state index in [1.807, 2.05) is 13.0 Å². The largest absolute Gasteiger partial charge is 0.317 e. The van der Waals surface area contributed by atoms with Crippen LogP contribution in [0.2, 0.25) is 0 Å². The Labute approximate surface area is 422 Å². The molecule has 0 fully saturated rings. The molecule has 0 atom stereocenters. The zero-order chi connectivity index (χ0) is 49.1. The second-order valence-electron chi connectivity index (χ2n) is 17.2. The molecule has 0 saturated heterocycles. The van der Waals surface area contributed by atoms with E-state index in [4.69, 9.17) is 0 Å². The standard InChI is InChI=1S/C68H65NS/c1-8-12-16-28-52(6)63(36-13-9-2)68-50-59(53(7)70-68)34-23-21-29-54-38-43-61(44-39-54)69(48-24-15-19-30-56-31-22-20-27-51(56)5)62-45-40-57(41-46-62)60-42-47-65(58-32-17-14-18-33-58)67(49-60)66-37-25-35-55(11-4)64(66)26-10-3/h8-15,17-27,31-50H,4,6-7,16,28-30H2,1-3,5H3/b12-8-,13-9-,19-15+,23-21-,26-10-,48-24+,59-34-,63-36-. The molecule has 2 heteroatoms. The van der Waals surface area contributed by atoms with Crippen molar-refractivity contribution >= 4 is 53.1 Å². The second-order valence-corrected chi connectivity index (χ2v) is 18.4. The Kier molecular flexibility index (Phi) is 18.3. The van der Waals surface area contributed by atoms with E-state index in [0.717, 1.165) is 69.1 Å². The lowest BCUT2D eigenvalue weighted by Crippen LogP contribution is -2.14. The number of allylic oxidation sites excluding steroid dienone is 13. The molecular weight excluding hydrogens is 863 g/mol. The summed E-state index contributed by atoms with van der Waals surface area (Å²) in [5.74, 6) is 0. The van der Waals surface area contributed by atoms with Crippen molar-refractivity contribution in [3.8, 4) is 33.4 Å². The SMILES string of the molecule is C=Cc1cccc(-c2cc(-c3ccc(N(/C=C/C=C/Cc4ccccc4C)c4ccc(C/C=C\C=c5\cc(/C(=C\C=C/C)C(=C)CC/C=C\C)sc5=C)cc4)cc3)ccc2-c2ccccc2)c1/C=C\C. The molecule has 0 spiro atoms. The summed E-state index contributed by atoms with van der Waals surface area (Å²) in [5.41, 5.74) is 17.7. The summed E-state index contributed by atoms with van der Waals surface area (Å²) < 4.78 is 1.06. The molecule has 0 amide bonds. The molecule has 0 unspecified atom stereocenters. The molecule has 0 aliphatic rings. The lowest BCUT2D eigenvalue weighted by Gasteiger charge is -2.22. The Balaban J connectivity index is 1.15. The fourth-order valence-electron chi connectivity index (χ4n) is 8.56. The first-order valence-electron chi connectivity index (χ1n) is 24.3. The van der Waals surface area contributed by atoms with Gasteiger partial charge in [-0.05, 0) is 173 Å². The number of hydrogen-bond acceptors (Lipinski definition) is 2. The second kappa shape index (κ2) is 25.5. The predicted octanol–water partition coefficient (Wildman–Crippen LogP) is 18.0. The minimum Gasteiger partial charge on any atom is -0.317 e. The van der Waals surface area contributed by atoms with E-state index in [1.54, 1.807) is 11.3 Å². The molecule has 6 aromatic carbocycles. The van der Waals surface area contributed by atoms with Gasteiger partial charge in [0.05, 0.1) is 0 Å². The van der Waals surface area contributed by atoms with Crippen molar-refractivity contribution in [3.63, 3.8) is 0 Å². The van der Waals surface area contributed by atoms with Gasteiger partial charge in [-0.25, -0.2) is 0 Å². The van der Waals surface area contributed by atoms with Gasteiger partial charge in [-0.15, -0.1) is 11.3 Å². The molecule has 0 aliphatic heterocycles. The van der Waals surface area contributed by atoms with E-state index in [-0.39, 0.29) is 0 Å². The van der Waals surface area contributed by atoms with Crippen LogP contribution < -0.4 is 14.7 Å². The zero-order valence-corrected chi connectivity index (χ0v) is 42.1. The fraction of sp³-hybridized carbons (Fsp3) is 0.118. The molecule has 0 bridgehead atoms. The van der Waals surface area contributed by atoms with Gasteiger partial charge in [-0.2, -0.15) is 0 Å². The van der Waals surface area contributed by atoms with Crippen LogP contribution in [0.25, 0.3) is 63.8 Å². The Bertz CT molecular complexity index is 3220. The summed E-state index contributed by atoms with van der Waals surface area (Å²) in [6.07, 6.45) is 35.7. The highest BCUT2D eigenvalue weighted by atomic mass is 32.1. The number of rotatable bonds is 20. The van der Waals surface area contributed by atoms with Crippen LogP contribution in [0.1, 0.15) is 66.3 Å². The van der Waals surface area contributed by atoms with Crippen molar-refractivity contribution in [2.24, 2.45) is 0 Å². The monoisotopic (exact) mass is 927 g/mol. The number of anilines is 2. The molecule has 70 heavy (non-hydrogen) atoms. The third-order valence-electron chi connectivity index (χ3n) is 12.4. The Morgan fingerprint density at radius 2 is 1.34 bits per heavy atom. The fourth-order valence-corrected chi connectivity index (χ4v) is 9.58. The highest BCUT2D eigenvalue weighted by Gasteiger charge is 2.15. The van der Waals surface area contributed by atoms with E-state index < -0.39 is 0 Å². The summed E-state index contributed by atoms with van der Waals surface area (Å²) in [4.78, 5) is 3.47. The number of benzene rings is 6. The molecular formula is C68H65NS. The summed E-state index contributed by atoms with van der Waals surface area (Å²) in [6, 6.07) is 52.7. The van der Waals surface area contributed by atoms with Crippen LogP contribution in [0.4, 0.5) is 11.4 Å². The minimum atomic E-state index is 0.819. The zero-order valence-electron chi connectivity index (χ0n) is 41.3. The Morgan fingerprint density at radius 1 is 0.614 bits per heavy atom. The topological polar surface area (TPSA) is 3.24 Å². The lowest BCUT2D eigenvalue weighted by molar-refractivity contribution is 1.02. The van der Waals surface area contributed by atoms with Gasteiger partial charge in [0.25, 0.3) is 0 Å².